The van der Waals surface area contributed by atoms with Crippen molar-refractivity contribution in [2.24, 2.45) is 0 Å². The van der Waals surface area contributed by atoms with E-state index in [2.05, 4.69) is 48.1 Å². The molecule has 0 atom stereocenters. The normalized spacial score (nSPS) is 10.7. The van der Waals surface area contributed by atoms with Crippen molar-refractivity contribution < 1.29 is 0 Å². The van der Waals surface area contributed by atoms with Crippen LogP contribution < -0.4 is 5.32 Å². The second-order valence-corrected chi connectivity index (χ2v) is 4.68. The molecular weight excluding hydrogens is 220 g/mol. The second-order valence-electron chi connectivity index (χ2n) is 4.68. The van der Waals surface area contributed by atoms with Gasteiger partial charge in [-0.1, -0.05) is 51.0 Å². The minimum absolute atomic E-state index is 1.10. The minimum atomic E-state index is 1.10. The lowest BCUT2D eigenvalue weighted by atomic mass is 10.0. The molecule has 0 aliphatic rings. The van der Waals surface area contributed by atoms with Crippen LogP contribution in [0.4, 0.5) is 5.82 Å². The van der Waals surface area contributed by atoms with Gasteiger partial charge in [-0.15, -0.1) is 0 Å². The van der Waals surface area contributed by atoms with Gasteiger partial charge in [0.1, 0.15) is 5.82 Å². The topological polar surface area (TPSA) is 27.8 Å². The van der Waals surface area contributed by atoms with Crippen LogP contribution in [0.15, 0.2) is 37.0 Å². The van der Waals surface area contributed by atoms with E-state index in [1.807, 2.05) is 0 Å². The van der Waals surface area contributed by atoms with E-state index in [4.69, 9.17) is 0 Å². The summed E-state index contributed by atoms with van der Waals surface area (Å²) in [5.74, 6) is 1.10. The first kappa shape index (κ1) is 12.7. The van der Waals surface area contributed by atoms with Crippen LogP contribution in [-0.4, -0.2) is 4.98 Å². The molecule has 2 heteroatoms. The van der Waals surface area contributed by atoms with E-state index in [0.29, 0.717) is 0 Å². The van der Waals surface area contributed by atoms with Crippen molar-refractivity contribution in [1.82, 2.24) is 4.98 Å². The highest BCUT2D eigenvalue weighted by Gasteiger charge is 2.09. The maximum Gasteiger partial charge on any atom is 0.111 e. The molecule has 1 aromatic heterocycles. The Kier molecular flexibility index (Phi) is 4.46. The fraction of sp³-hybridized carbons (Fsp3) is 0.375. The predicted molar refractivity (Wildman–Crippen MR) is 80.0 cm³/mol. The van der Waals surface area contributed by atoms with E-state index in [-0.39, 0.29) is 0 Å². The van der Waals surface area contributed by atoms with Gasteiger partial charge in [-0.2, -0.15) is 0 Å². The Morgan fingerprint density at radius 2 is 2.06 bits per heavy atom. The lowest BCUT2D eigenvalue weighted by Crippen LogP contribution is -1.93. The molecule has 0 fully saturated rings. The average molecular weight is 242 g/mol. The molecule has 1 heterocycles. The summed E-state index contributed by atoms with van der Waals surface area (Å²) in [6.45, 7) is 5.99. The van der Waals surface area contributed by atoms with Crippen LogP contribution >= 0.6 is 0 Å². The van der Waals surface area contributed by atoms with Crippen LogP contribution in [0, 0.1) is 0 Å². The molecule has 0 saturated heterocycles. The fourth-order valence-electron chi connectivity index (χ4n) is 2.41. The summed E-state index contributed by atoms with van der Waals surface area (Å²) >= 11 is 0. The minimum Gasteiger partial charge on any atom is -0.349 e. The number of unbranched alkanes of at least 4 members (excludes halogenated alkanes) is 3. The Labute approximate surface area is 109 Å². The molecule has 2 aromatic rings. The molecule has 0 bridgehead atoms. The van der Waals surface area contributed by atoms with Gasteiger partial charge in [0.05, 0.1) is 0 Å². The number of benzene rings is 1. The molecule has 0 radical (unpaired) electrons. The molecule has 96 valence electrons. The van der Waals surface area contributed by atoms with Gasteiger partial charge in [0.15, 0.2) is 0 Å². The Bertz CT molecular complexity index is 511. The molecule has 0 unspecified atom stereocenters. The zero-order chi connectivity index (χ0) is 12.8. The Hall–Kier alpha value is -1.70. The number of aromatic nitrogens is 1. The summed E-state index contributed by atoms with van der Waals surface area (Å²) in [5, 5.41) is 4.55. The van der Waals surface area contributed by atoms with Crippen molar-refractivity contribution in [3.05, 3.63) is 42.6 Å². The SMILES string of the molecule is C=CNc1[nH]c2ccccc2c1CCCCCC. The number of nitrogens with one attached hydrogen (secondary N) is 2. The molecule has 0 saturated carbocycles. The maximum atomic E-state index is 3.75. The molecule has 0 aliphatic heterocycles. The van der Waals surface area contributed by atoms with Gasteiger partial charge in [-0.05, 0) is 25.1 Å². The van der Waals surface area contributed by atoms with Crippen molar-refractivity contribution in [3.63, 3.8) is 0 Å². The van der Waals surface area contributed by atoms with Gasteiger partial charge in [-0.25, -0.2) is 0 Å². The van der Waals surface area contributed by atoms with E-state index >= 15 is 0 Å². The predicted octanol–water partition coefficient (Wildman–Crippen LogP) is 4.85. The number of aryl methyl sites for hydroxylation is 1. The summed E-state index contributed by atoms with van der Waals surface area (Å²) < 4.78 is 0. The van der Waals surface area contributed by atoms with Gasteiger partial charge < -0.3 is 10.3 Å². The van der Waals surface area contributed by atoms with E-state index in [1.54, 1.807) is 6.20 Å². The summed E-state index contributed by atoms with van der Waals surface area (Å²) in [6.07, 6.45) is 8.03. The van der Waals surface area contributed by atoms with Gasteiger partial charge in [0.2, 0.25) is 0 Å². The highest BCUT2D eigenvalue weighted by atomic mass is 15.0. The number of rotatable bonds is 7. The standard InChI is InChI=1S/C16H22N2/c1-3-5-6-7-11-14-13-10-8-9-12-15(13)18-16(14)17-4-2/h4,8-10,12,17-18H,2-3,5-7,11H2,1H3. The number of hydrogen-bond donors (Lipinski definition) is 2. The van der Waals surface area contributed by atoms with Gasteiger partial charge >= 0.3 is 0 Å². The highest BCUT2D eigenvalue weighted by molar-refractivity contribution is 5.88. The summed E-state index contributed by atoms with van der Waals surface area (Å²) in [7, 11) is 0. The number of anilines is 1. The zero-order valence-electron chi connectivity index (χ0n) is 11.1. The third-order valence-electron chi connectivity index (χ3n) is 3.34. The quantitative estimate of drug-likeness (QED) is 0.668. The van der Waals surface area contributed by atoms with Crippen molar-refractivity contribution in [2.75, 3.05) is 5.32 Å². The molecule has 0 spiro atoms. The Morgan fingerprint density at radius 1 is 1.22 bits per heavy atom. The largest absolute Gasteiger partial charge is 0.349 e. The molecule has 2 rings (SSSR count). The van der Waals surface area contributed by atoms with Crippen molar-refractivity contribution in [3.8, 4) is 0 Å². The smallest absolute Gasteiger partial charge is 0.111 e. The van der Waals surface area contributed by atoms with Crippen LogP contribution in [0.25, 0.3) is 10.9 Å². The molecule has 0 aliphatic carbocycles. The van der Waals surface area contributed by atoms with Crippen molar-refractivity contribution in [1.29, 1.82) is 0 Å². The van der Waals surface area contributed by atoms with E-state index in [9.17, 15) is 0 Å². The number of hydrogen-bond acceptors (Lipinski definition) is 1. The third kappa shape index (κ3) is 2.76. The van der Waals surface area contributed by atoms with Gasteiger partial charge in [-0.3, -0.25) is 0 Å². The highest BCUT2D eigenvalue weighted by Crippen LogP contribution is 2.27. The summed E-state index contributed by atoms with van der Waals surface area (Å²) in [5.41, 5.74) is 2.59. The van der Waals surface area contributed by atoms with Crippen molar-refractivity contribution in [2.45, 2.75) is 39.0 Å². The molecular formula is C16H22N2. The second kappa shape index (κ2) is 6.29. The van der Waals surface area contributed by atoms with Crippen LogP contribution in [0.1, 0.15) is 38.2 Å². The Balaban J connectivity index is 2.21. The average Bonchev–Trinajstić information content (AvgIpc) is 2.73. The lowest BCUT2D eigenvalue weighted by Gasteiger charge is -2.04. The summed E-state index contributed by atoms with van der Waals surface area (Å²) in [6, 6.07) is 8.48. The van der Waals surface area contributed by atoms with E-state index in [1.165, 1.54) is 42.1 Å². The number of H-pyrrole nitrogens is 1. The monoisotopic (exact) mass is 242 g/mol. The molecule has 1 aromatic carbocycles. The van der Waals surface area contributed by atoms with Gasteiger partial charge in [0, 0.05) is 16.5 Å². The first-order valence-corrected chi connectivity index (χ1v) is 6.83. The first-order valence-electron chi connectivity index (χ1n) is 6.83. The molecule has 2 nitrogen and oxygen atoms in total. The fourth-order valence-corrected chi connectivity index (χ4v) is 2.41. The number of aromatic amines is 1. The van der Waals surface area contributed by atoms with E-state index in [0.717, 1.165) is 12.2 Å². The molecule has 2 N–H and O–H groups in total. The lowest BCUT2D eigenvalue weighted by molar-refractivity contribution is 0.668. The molecule has 0 amide bonds. The summed E-state index contributed by atoms with van der Waals surface area (Å²) in [4.78, 5) is 3.42. The van der Waals surface area contributed by atoms with Crippen LogP contribution in [0.2, 0.25) is 0 Å². The number of fused-ring (bicyclic) bond motifs is 1. The van der Waals surface area contributed by atoms with Crippen molar-refractivity contribution >= 4 is 16.7 Å². The van der Waals surface area contributed by atoms with Crippen LogP contribution in [-0.2, 0) is 6.42 Å². The Morgan fingerprint density at radius 3 is 2.83 bits per heavy atom. The van der Waals surface area contributed by atoms with Gasteiger partial charge in [0.25, 0.3) is 0 Å². The maximum absolute atomic E-state index is 3.75. The molecule has 18 heavy (non-hydrogen) atoms. The van der Waals surface area contributed by atoms with Crippen LogP contribution in [0.3, 0.4) is 0 Å². The van der Waals surface area contributed by atoms with Crippen LogP contribution in [0.5, 0.6) is 0 Å². The number of para-hydroxylation sites is 1. The van der Waals surface area contributed by atoms with E-state index < -0.39 is 0 Å². The zero-order valence-corrected chi connectivity index (χ0v) is 11.1. The first-order chi connectivity index (χ1) is 8.86. The third-order valence-corrected chi connectivity index (χ3v) is 3.34.